The maximum absolute atomic E-state index is 6.12. The third-order valence-corrected chi connectivity index (χ3v) is 3.01. The molecule has 2 N–H and O–H groups in total. The minimum Gasteiger partial charge on any atom is -0.487 e. The molecule has 0 aliphatic rings. The molecular formula is C12H14ClN3O. The van der Waals surface area contributed by atoms with Gasteiger partial charge in [0.2, 0.25) is 0 Å². The molecule has 0 spiro atoms. The average Bonchev–Trinajstić information content (AvgIpc) is 2.54. The number of nitrogens with zero attached hydrogens (tertiary/aromatic N) is 2. The number of hydrogen-bond donors (Lipinski definition) is 1. The van der Waals surface area contributed by atoms with Crippen molar-refractivity contribution in [2.24, 2.45) is 7.05 Å². The fraction of sp³-hybridized carbons (Fsp3) is 0.250. The minimum absolute atomic E-state index is 0.389. The Bertz CT molecular complexity index is 519. The quantitative estimate of drug-likeness (QED) is 0.853. The highest BCUT2D eigenvalue weighted by atomic mass is 35.5. The molecule has 2 aromatic rings. The van der Waals surface area contributed by atoms with Crippen molar-refractivity contribution in [1.29, 1.82) is 0 Å². The maximum Gasteiger partial charge on any atom is 0.131 e. The molecular weight excluding hydrogens is 238 g/mol. The number of nitrogens with two attached hydrogens (primary N) is 1. The number of benzene rings is 1. The standard InChI is InChI=1S/C12H14ClN3O/c1-8-12(13)11(16(2)15-8)7-17-10-5-3-9(14)4-6-10/h3-6H,7,14H2,1-2H3. The van der Waals surface area contributed by atoms with Crippen molar-refractivity contribution in [3.05, 3.63) is 40.7 Å². The third kappa shape index (κ3) is 2.53. The smallest absolute Gasteiger partial charge is 0.131 e. The van der Waals surface area contributed by atoms with E-state index in [4.69, 9.17) is 22.1 Å². The number of halogens is 1. The van der Waals surface area contributed by atoms with Crippen LogP contribution in [0, 0.1) is 6.92 Å². The molecule has 0 radical (unpaired) electrons. The average molecular weight is 252 g/mol. The van der Waals surface area contributed by atoms with Gasteiger partial charge in [0.15, 0.2) is 0 Å². The molecule has 90 valence electrons. The van der Waals surface area contributed by atoms with Gasteiger partial charge in [-0.05, 0) is 31.2 Å². The van der Waals surface area contributed by atoms with E-state index >= 15 is 0 Å². The summed E-state index contributed by atoms with van der Waals surface area (Å²) in [6.07, 6.45) is 0. The van der Waals surface area contributed by atoms with Gasteiger partial charge in [-0.15, -0.1) is 0 Å². The summed E-state index contributed by atoms with van der Waals surface area (Å²) in [6, 6.07) is 7.25. The normalized spacial score (nSPS) is 10.5. The van der Waals surface area contributed by atoms with E-state index in [1.54, 1.807) is 16.8 Å². The van der Waals surface area contributed by atoms with Crippen LogP contribution in [0.4, 0.5) is 5.69 Å². The number of ether oxygens (including phenoxy) is 1. The van der Waals surface area contributed by atoms with Gasteiger partial charge in [-0.25, -0.2) is 0 Å². The molecule has 0 fully saturated rings. The summed E-state index contributed by atoms with van der Waals surface area (Å²) in [4.78, 5) is 0. The van der Waals surface area contributed by atoms with Crippen molar-refractivity contribution in [3.63, 3.8) is 0 Å². The van der Waals surface area contributed by atoms with Crippen molar-refractivity contribution >= 4 is 17.3 Å². The highest BCUT2D eigenvalue weighted by Crippen LogP contribution is 2.21. The van der Waals surface area contributed by atoms with Gasteiger partial charge in [-0.1, -0.05) is 11.6 Å². The topological polar surface area (TPSA) is 53.1 Å². The molecule has 0 aliphatic carbocycles. The second-order valence-electron chi connectivity index (χ2n) is 3.83. The van der Waals surface area contributed by atoms with E-state index in [2.05, 4.69) is 5.10 Å². The Balaban J connectivity index is 2.09. The number of anilines is 1. The molecule has 1 aromatic carbocycles. The van der Waals surface area contributed by atoms with E-state index in [1.165, 1.54) is 0 Å². The Morgan fingerprint density at radius 3 is 2.53 bits per heavy atom. The van der Waals surface area contributed by atoms with Crippen LogP contribution in [0.3, 0.4) is 0 Å². The molecule has 4 nitrogen and oxygen atoms in total. The number of hydrogen-bond acceptors (Lipinski definition) is 3. The molecule has 0 saturated carbocycles. The predicted molar refractivity (Wildman–Crippen MR) is 68.1 cm³/mol. The van der Waals surface area contributed by atoms with E-state index in [0.29, 0.717) is 17.3 Å². The molecule has 0 atom stereocenters. The van der Waals surface area contributed by atoms with Crippen LogP contribution in [0.1, 0.15) is 11.4 Å². The van der Waals surface area contributed by atoms with Crippen LogP contribution < -0.4 is 10.5 Å². The van der Waals surface area contributed by atoms with Crippen LogP contribution >= 0.6 is 11.6 Å². The zero-order chi connectivity index (χ0) is 12.4. The lowest BCUT2D eigenvalue weighted by molar-refractivity contribution is 0.295. The van der Waals surface area contributed by atoms with Gasteiger partial charge in [0.05, 0.1) is 16.4 Å². The van der Waals surface area contributed by atoms with Gasteiger partial charge < -0.3 is 10.5 Å². The van der Waals surface area contributed by atoms with Crippen molar-refractivity contribution < 1.29 is 4.74 Å². The number of aromatic nitrogens is 2. The molecule has 0 bridgehead atoms. The Hall–Kier alpha value is -1.68. The molecule has 0 saturated heterocycles. The van der Waals surface area contributed by atoms with E-state index in [0.717, 1.165) is 17.1 Å². The minimum atomic E-state index is 0.389. The number of rotatable bonds is 3. The Labute approximate surface area is 105 Å². The van der Waals surface area contributed by atoms with Gasteiger partial charge in [0, 0.05) is 12.7 Å². The van der Waals surface area contributed by atoms with Crippen molar-refractivity contribution in [2.45, 2.75) is 13.5 Å². The van der Waals surface area contributed by atoms with Gasteiger partial charge in [0.1, 0.15) is 12.4 Å². The Morgan fingerprint density at radius 1 is 1.35 bits per heavy atom. The van der Waals surface area contributed by atoms with Gasteiger partial charge >= 0.3 is 0 Å². The van der Waals surface area contributed by atoms with Crippen LogP contribution in [-0.2, 0) is 13.7 Å². The van der Waals surface area contributed by atoms with Crippen LogP contribution in [-0.4, -0.2) is 9.78 Å². The van der Waals surface area contributed by atoms with E-state index in [1.807, 2.05) is 26.1 Å². The molecule has 2 rings (SSSR count). The van der Waals surface area contributed by atoms with Crippen molar-refractivity contribution in [1.82, 2.24) is 9.78 Å². The van der Waals surface area contributed by atoms with Crippen molar-refractivity contribution in [3.8, 4) is 5.75 Å². The SMILES string of the molecule is Cc1nn(C)c(COc2ccc(N)cc2)c1Cl. The third-order valence-electron chi connectivity index (χ3n) is 2.52. The maximum atomic E-state index is 6.12. The van der Waals surface area contributed by atoms with Crippen LogP contribution in [0.25, 0.3) is 0 Å². The van der Waals surface area contributed by atoms with E-state index < -0.39 is 0 Å². The summed E-state index contributed by atoms with van der Waals surface area (Å²) >= 11 is 6.12. The fourth-order valence-corrected chi connectivity index (χ4v) is 1.77. The number of aryl methyl sites for hydroxylation is 2. The summed E-state index contributed by atoms with van der Waals surface area (Å²) in [7, 11) is 1.85. The van der Waals surface area contributed by atoms with E-state index in [9.17, 15) is 0 Å². The summed E-state index contributed by atoms with van der Waals surface area (Å²) < 4.78 is 7.35. The highest BCUT2D eigenvalue weighted by molar-refractivity contribution is 6.31. The van der Waals surface area contributed by atoms with Crippen LogP contribution in [0.2, 0.25) is 5.02 Å². The van der Waals surface area contributed by atoms with Crippen LogP contribution in [0.5, 0.6) is 5.75 Å². The number of nitrogen functional groups attached to an aromatic ring is 1. The zero-order valence-electron chi connectivity index (χ0n) is 9.77. The second-order valence-corrected chi connectivity index (χ2v) is 4.21. The highest BCUT2D eigenvalue weighted by Gasteiger charge is 2.11. The lowest BCUT2D eigenvalue weighted by atomic mass is 10.3. The van der Waals surface area contributed by atoms with Crippen molar-refractivity contribution in [2.75, 3.05) is 5.73 Å². The summed E-state index contributed by atoms with van der Waals surface area (Å²) in [6.45, 7) is 2.26. The zero-order valence-corrected chi connectivity index (χ0v) is 10.5. The predicted octanol–water partition coefficient (Wildman–Crippen LogP) is 2.54. The lowest BCUT2D eigenvalue weighted by Gasteiger charge is -2.07. The molecule has 0 aliphatic heterocycles. The first kappa shape index (κ1) is 11.8. The summed E-state index contributed by atoms with van der Waals surface area (Å²) in [5.74, 6) is 0.758. The first-order valence-electron chi connectivity index (χ1n) is 5.24. The summed E-state index contributed by atoms with van der Waals surface area (Å²) in [5.41, 5.74) is 7.98. The first-order valence-corrected chi connectivity index (χ1v) is 5.62. The molecule has 0 amide bonds. The van der Waals surface area contributed by atoms with Gasteiger partial charge in [0.25, 0.3) is 0 Å². The molecule has 5 heteroatoms. The van der Waals surface area contributed by atoms with Gasteiger partial charge in [-0.2, -0.15) is 5.10 Å². The molecule has 1 heterocycles. The fourth-order valence-electron chi connectivity index (χ4n) is 1.55. The largest absolute Gasteiger partial charge is 0.487 e. The molecule has 0 unspecified atom stereocenters. The van der Waals surface area contributed by atoms with Gasteiger partial charge in [-0.3, -0.25) is 4.68 Å². The molecule has 1 aromatic heterocycles. The van der Waals surface area contributed by atoms with Crippen LogP contribution in [0.15, 0.2) is 24.3 Å². The second kappa shape index (κ2) is 4.67. The lowest BCUT2D eigenvalue weighted by Crippen LogP contribution is -2.03. The monoisotopic (exact) mass is 251 g/mol. The summed E-state index contributed by atoms with van der Waals surface area (Å²) in [5, 5.41) is 4.88. The molecule has 17 heavy (non-hydrogen) atoms. The first-order chi connectivity index (χ1) is 8.08. The Kier molecular flexibility index (Phi) is 3.24. The Morgan fingerprint density at radius 2 is 2.00 bits per heavy atom. The van der Waals surface area contributed by atoms with E-state index in [-0.39, 0.29) is 0 Å².